The third-order valence-corrected chi connectivity index (χ3v) is 7.45. The number of piperidine rings is 1. The highest BCUT2D eigenvalue weighted by Gasteiger charge is 2.33. The molecule has 33 heavy (non-hydrogen) atoms. The van der Waals surface area contributed by atoms with Crippen LogP contribution in [0.5, 0.6) is 0 Å². The largest absolute Gasteiger partial charge is 0.463 e. The fourth-order valence-electron chi connectivity index (χ4n) is 3.82. The number of hydrogen-bond acceptors (Lipinski definition) is 5. The summed E-state index contributed by atoms with van der Waals surface area (Å²) >= 11 is 0. The smallest absolute Gasteiger partial charge is 0.308 e. The first-order valence-electron chi connectivity index (χ1n) is 11.0. The average molecular weight is 477 g/mol. The number of nitrogens with zero attached hydrogens (tertiary/aromatic N) is 1. The van der Waals surface area contributed by atoms with Crippen LogP contribution in [0.25, 0.3) is 0 Å². The molecule has 1 aliphatic rings. The van der Waals surface area contributed by atoms with E-state index in [0.29, 0.717) is 12.8 Å². The molecule has 0 bridgehead atoms. The van der Waals surface area contributed by atoms with Gasteiger partial charge in [0.1, 0.15) is 5.82 Å². The van der Waals surface area contributed by atoms with Crippen LogP contribution in [0.4, 0.5) is 4.39 Å². The van der Waals surface area contributed by atoms with Crippen molar-refractivity contribution in [3.8, 4) is 0 Å². The molecule has 2 aromatic carbocycles. The van der Waals surface area contributed by atoms with Gasteiger partial charge in [-0.2, -0.15) is 4.31 Å². The highest BCUT2D eigenvalue weighted by atomic mass is 32.2. The van der Waals surface area contributed by atoms with Crippen molar-refractivity contribution in [1.29, 1.82) is 0 Å². The van der Waals surface area contributed by atoms with Gasteiger partial charge in [-0.15, -0.1) is 0 Å². The van der Waals surface area contributed by atoms with Crippen LogP contribution in [0.2, 0.25) is 0 Å². The predicted molar refractivity (Wildman–Crippen MR) is 121 cm³/mol. The predicted octanol–water partition coefficient (Wildman–Crippen LogP) is 3.43. The maximum absolute atomic E-state index is 13.1. The van der Waals surface area contributed by atoms with Gasteiger partial charge >= 0.3 is 5.97 Å². The Labute approximate surface area is 194 Å². The van der Waals surface area contributed by atoms with Crippen LogP contribution in [0, 0.1) is 11.7 Å². The topological polar surface area (TPSA) is 92.8 Å². The third kappa shape index (κ3) is 6.61. The number of hydrogen-bond donors (Lipinski definition) is 1. The molecular weight excluding hydrogens is 447 g/mol. The van der Waals surface area contributed by atoms with Gasteiger partial charge in [-0.05, 0) is 56.5 Å². The molecule has 1 amide bonds. The van der Waals surface area contributed by atoms with Gasteiger partial charge in [0.2, 0.25) is 15.9 Å². The van der Waals surface area contributed by atoms with Crippen LogP contribution < -0.4 is 5.32 Å². The fraction of sp³-hybridized carbons (Fsp3) is 0.417. The van der Waals surface area contributed by atoms with E-state index in [1.54, 1.807) is 13.8 Å². The molecule has 0 saturated carbocycles. The summed E-state index contributed by atoms with van der Waals surface area (Å²) in [6, 6.07) is 13.4. The Morgan fingerprint density at radius 1 is 1.06 bits per heavy atom. The molecule has 1 saturated heterocycles. The summed E-state index contributed by atoms with van der Waals surface area (Å²) in [5, 5.41) is 2.95. The van der Waals surface area contributed by atoms with Crippen LogP contribution in [0.1, 0.15) is 44.7 Å². The summed E-state index contributed by atoms with van der Waals surface area (Å²) in [6.45, 7) is 3.90. The first-order valence-corrected chi connectivity index (χ1v) is 12.4. The molecule has 7 nitrogen and oxygen atoms in total. The molecular formula is C24H29FN2O5S. The molecule has 0 radical (unpaired) electrons. The standard InChI is InChI=1S/C24H29FN2O5S/c1-17(2)32-23(28)16-22(18-6-4-3-5-7-18)26-24(29)19-12-14-27(15-13-19)33(30,31)21-10-8-20(25)9-11-21/h3-11,17,19,22H,12-16H2,1-2H3,(H,26,29). The number of carbonyl (C=O) groups excluding carboxylic acids is 2. The number of benzene rings is 2. The van der Waals surface area contributed by atoms with Crippen LogP contribution in [-0.4, -0.2) is 43.8 Å². The van der Waals surface area contributed by atoms with Crippen molar-refractivity contribution in [2.75, 3.05) is 13.1 Å². The van der Waals surface area contributed by atoms with Crippen molar-refractivity contribution in [1.82, 2.24) is 9.62 Å². The minimum atomic E-state index is -3.75. The van der Waals surface area contributed by atoms with Crippen molar-refractivity contribution in [3.05, 3.63) is 66.0 Å². The monoisotopic (exact) mass is 476 g/mol. The van der Waals surface area contributed by atoms with Crippen molar-refractivity contribution >= 4 is 21.9 Å². The second-order valence-corrected chi connectivity index (χ2v) is 10.3. The van der Waals surface area contributed by atoms with Crippen molar-refractivity contribution < 1.29 is 27.1 Å². The van der Waals surface area contributed by atoms with E-state index >= 15 is 0 Å². The highest BCUT2D eigenvalue weighted by molar-refractivity contribution is 7.89. The zero-order valence-corrected chi connectivity index (χ0v) is 19.6. The van der Waals surface area contributed by atoms with E-state index < -0.39 is 27.9 Å². The van der Waals surface area contributed by atoms with Gasteiger partial charge in [0, 0.05) is 19.0 Å². The summed E-state index contributed by atoms with van der Waals surface area (Å²) in [7, 11) is -3.75. The normalized spacial score (nSPS) is 16.4. The van der Waals surface area contributed by atoms with E-state index in [1.807, 2.05) is 30.3 Å². The van der Waals surface area contributed by atoms with E-state index in [4.69, 9.17) is 4.74 Å². The zero-order chi connectivity index (χ0) is 24.0. The Bertz CT molecular complexity index is 1050. The van der Waals surface area contributed by atoms with E-state index in [2.05, 4.69) is 5.32 Å². The second-order valence-electron chi connectivity index (χ2n) is 8.35. The zero-order valence-electron chi connectivity index (χ0n) is 18.7. The maximum Gasteiger partial charge on any atom is 0.308 e. The maximum atomic E-state index is 13.1. The van der Waals surface area contributed by atoms with E-state index in [0.717, 1.165) is 17.7 Å². The molecule has 1 unspecified atom stereocenters. The Morgan fingerprint density at radius 3 is 2.24 bits per heavy atom. The van der Waals surface area contributed by atoms with Crippen LogP contribution in [0.15, 0.2) is 59.5 Å². The van der Waals surface area contributed by atoms with Crippen molar-refractivity contribution in [3.63, 3.8) is 0 Å². The lowest BCUT2D eigenvalue weighted by molar-refractivity contribution is -0.148. The van der Waals surface area contributed by atoms with Gasteiger partial charge in [-0.3, -0.25) is 9.59 Å². The molecule has 1 atom stereocenters. The lowest BCUT2D eigenvalue weighted by atomic mass is 9.95. The quantitative estimate of drug-likeness (QED) is 0.590. The summed E-state index contributed by atoms with van der Waals surface area (Å²) in [5.41, 5.74) is 0.794. The Balaban J connectivity index is 1.63. The first-order chi connectivity index (χ1) is 15.7. The average Bonchev–Trinajstić information content (AvgIpc) is 2.79. The molecule has 3 rings (SSSR count). The van der Waals surface area contributed by atoms with E-state index in [-0.39, 0.29) is 42.3 Å². The highest BCUT2D eigenvalue weighted by Crippen LogP contribution is 2.26. The summed E-state index contributed by atoms with van der Waals surface area (Å²) in [5.74, 6) is -1.51. The summed E-state index contributed by atoms with van der Waals surface area (Å²) in [6.07, 6.45) is 0.456. The number of nitrogens with one attached hydrogen (secondary N) is 1. The SMILES string of the molecule is CC(C)OC(=O)CC(NC(=O)C1CCN(S(=O)(=O)c2ccc(F)cc2)CC1)c1ccccc1. The Hall–Kier alpha value is -2.78. The number of esters is 1. The molecule has 0 aliphatic carbocycles. The number of sulfonamides is 1. The lowest BCUT2D eigenvalue weighted by Gasteiger charge is -2.31. The van der Waals surface area contributed by atoms with Gasteiger partial charge in [-0.25, -0.2) is 12.8 Å². The molecule has 1 aliphatic heterocycles. The molecule has 178 valence electrons. The van der Waals surface area contributed by atoms with Gasteiger partial charge in [0.25, 0.3) is 0 Å². The van der Waals surface area contributed by atoms with Gasteiger partial charge in [0.15, 0.2) is 0 Å². The summed E-state index contributed by atoms with van der Waals surface area (Å²) < 4.78 is 45.3. The minimum absolute atomic E-state index is 0.00568. The Morgan fingerprint density at radius 2 is 1.67 bits per heavy atom. The number of halogens is 1. The number of ether oxygens (including phenoxy) is 1. The molecule has 1 heterocycles. The minimum Gasteiger partial charge on any atom is -0.463 e. The number of carbonyl (C=O) groups is 2. The van der Waals surface area contributed by atoms with Crippen LogP contribution >= 0.6 is 0 Å². The third-order valence-electron chi connectivity index (χ3n) is 5.53. The van der Waals surface area contributed by atoms with E-state index in [1.165, 1.54) is 16.4 Å². The van der Waals surface area contributed by atoms with Crippen molar-refractivity contribution in [2.24, 2.45) is 5.92 Å². The van der Waals surface area contributed by atoms with Crippen LogP contribution in [-0.2, 0) is 24.3 Å². The molecule has 1 N–H and O–H groups in total. The Kier molecular flexibility index (Phi) is 8.20. The molecule has 1 fully saturated rings. The lowest BCUT2D eigenvalue weighted by Crippen LogP contribution is -2.44. The van der Waals surface area contributed by atoms with E-state index in [9.17, 15) is 22.4 Å². The summed E-state index contributed by atoms with van der Waals surface area (Å²) in [4.78, 5) is 25.2. The van der Waals surface area contributed by atoms with Gasteiger partial charge in [-0.1, -0.05) is 30.3 Å². The molecule has 9 heteroatoms. The van der Waals surface area contributed by atoms with Crippen LogP contribution in [0.3, 0.4) is 0 Å². The van der Waals surface area contributed by atoms with Gasteiger partial charge in [0.05, 0.1) is 23.5 Å². The molecule has 0 aromatic heterocycles. The fourth-order valence-corrected chi connectivity index (χ4v) is 5.29. The number of amides is 1. The first kappa shape index (κ1) is 24.9. The van der Waals surface area contributed by atoms with Gasteiger partial charge < -0.3 is 10.1 Å². The number of rotatable bonds is 8. The molecule has 0 spiro atoms. The second kappa shape index (κ2) is 10.9. The molecule has 2 aromatic rings. The van der Waals surface area contributed by atoms with Crippen molar-refractivity contribution in [2.45, 2.75) is 50.2 Å².